The van der Waals surface area contributed by atoms with Gasteiger partial charge in [0, 0.05) is 6.07 Å². The van der Waals surface area contributed by atoms with Crippen molar-refractivity contribution >= 4 is 5.97 Å². The molecule has 0 aliphatic carbocycles. The van der Waals surface area contributed by atoms with E-state index >= 15 is 0 Å². The number of carbonyl (C=O) groups is 1. The van der Waals surface area contributed by atoms with Crippen LogP contribution in [0.5, 0.6) is 5.75 Å². The van der Waals surface area contributed by atoms with Gasteiger partial charge in [-0.2, -0.15) is 5.26 Å². The van der Waals surface area contributed by atoms with Crippen LogP contribution in [0.1, 0.15) is 40.2 Å². The summed E-state index contributed by atoms with van der Waals surface area (Å²) in [5.74, 6) is -1.07. The number of esters is 1. The van der Waals surface area contributed by atoms with Gasteiger partial charge < -0.3 is 9.47 Å². The van der Waals surface area contributed by atoms with Gasteiger partial charge >= 0.3 is 5.97 Å². The average Bonchev–Trinajstić information content (AvgIpc) is 2.26. The standard InChI is InChI=1S/C15H18FNO3/c1-14(2,3)20-13(18)15(4,5)19-11-7-6-10(9-17)12(16)8-11/h6-8H,1-5H3. The highest BCUT2D eigenvalue weighted by Gasteiger charge is 2.34. The topological polar surface area (TPSA) is 59.3 Å². The number of carbonyl (C=O) groups excluding carboxylic acids is 1. The normalized spacial score (nSPS) is 11.7. The highest BCUT2D eigenvalue weighted by atomic mass is 19.1. The molecule has 0 fully saturated rings. The molecule has 4 nitrogen and oxygen atoms in total. The Labute approximate surface area is 118 Å². The maximum Gasteiger partial charge on any atom is 0.350 e. The van der Waals surface area contributed by atoms with Crippen LogP contribution in [0.3, 0.4) is 0 Å². The highest BCUT2D eigenvalue weighted by Crippen LogP contribution is 2.23. The summed E-state index contributed by atoms with van der Waals surface area (Å²) in [6.07, 6.45) is 0. The van der Waals surface area contributed by atoms with Crippen LogP contribution in [0, 0.1) is 17.1 Å². The van der Waals surface area contributed by atoms with Crippen molar-refractivity contribution < 1.29 is 18.7 Å². The van der Waals surface area contributed by atoms with Crippen molar-refractivity contribution in [2.75, 3.05) is 0 Å². The Morgan fingerprint density at radius 1 is 1.25 bits per heavy atom. The molecule has 0 saturated heterocycles. The van der Waals surface area contributed by atoms with Crippen LogP contribution in [0.2, 0.25) is 0 Å². The quantitative estimate of drug-likeness (QED) is 0.797. The van der Waals surface area contributed by atoms with Gasteiger partial charge in [-0.25, -0.2) is 9.18 Å². The molecule has 0 amide bonds. The van der Waals surface area contributed by atoms with Crippen LogP contribution in [0.15, 0.2) is 18.2 Å². The monoisotopic (exact) mass is 279 g/mol. The second-order valence-electron chi connectivity index (χ2n) is 5.87. The number of benzene rings is 1. The van der Waals surface area contributed by atoms with E-state index in [-0.39, 0.29) is 11.3 Å². The molecule has 0 aromatic heterocycles. The Kier molecular flexibility index (Phi) is 4.39. The number of hydrogen-bond donors (Lipinski definition) is 0. The molecule has 5 heteroatoms. The third-order valence-electron chi connectivity index (χ3n) is 2.32. The summed E-state index contributed by atoms with van der Waals surface area (Å²) in [7, 11) is 0. The second kappa shape index (κ2) is 5.49. The minimum Gasteiger partial charge on any atom is -0.476 e. The molecule has 1 aromatic carbocycles. The van der Waals surface area contributed by atoms with E-state index in [1.165, 1.54) is 26.0 Å². The van der Waals surface area contributed by atoms with Gasteiger partial charge in [-0.05, 0) is 46.8 Å². The molecule has 0 saturated carbocycles. The first-order valence-electron chi connectivity index (χ1n) is 6.17. The van der Waals surface area contributed by atoms with Crippen LogP contribution in [0.4, 0.5) is 4.39 Å². The summed E-state index contributed by atoms with van der Waals surface area (Å²) in [5, 5.41) is 8.65. The lowest BCUT2D eigenvalue weighted by Crippen LogP contribution is -2.43. The Bertz CT molecular complexity index is 553. The molecule has 0 atom stereocenters. The molecule has 0 radical (unpaired) electrons. The maximum atomic E-state index is 13.5. The molecule has 0 unspecified atom stereocenters. The fourth-order valence-electron chi connectivity index (χ4n) is 1.39. The first kappa shape index (κ1) is 16.0. The minimum absolute atomic E-state index is 0.0765. The van der Waals surface area contributed by atoms with E-state index in [0.717, 1.165) is 6.07 Å². The smallest absolute Gasteiger partial charge is 0.350 e. The Hall–Kier alpha value is -2.09. The van der Waals surface area contributed by atoms with Gasteiger partial charge in [0.2, 0.25) is 0 Å². The third kappa shape index (κ3) is 4.23. The maximum absolute atomic E-state index is 13.5. The molecular formula is C15H18FNO3. The van der Waals surface area contributed by atoms with Crippen molar-refractivity contribution in [1.29, 1.82) is 5.26 Å². The third-order valence-corrected chi connectivity index (χ3v) is 2.32. The zero-order chi connectivity index (χ0) is 15.6. The van der Waals surface area contributed by atoms with E-state index in [0.29, 0.717) is 0 Å². The molecule has 0 N–H and O–H groups in total. The predicted molar refractivity (Wildman–Crippen MR) is 71.7 cm³/mol. The summed E-state index contributed by atoms with van der Waals surface area (Å²) in [6, 6.07) is 5.53. The summed E-state index contributed by atoms with van der Waals surface area (Å²) in [6.45, 7) is 8.33. The Morgan fingerprint density at radius 3 is 2.30 bits per heavy atom. The minimum atomic E-state index is -1.26. The van der Waals surface area contributed by atoms with Crippen molar-refractivity contribution in [3.05, 3.63) is 29.6 Å². The fourth-order valence-corrected chi connectivity index (χ4v) is 1.39. The molecule has 0 bridgehead atoms. The zero-order valence-electron chi connectivity index (χ0n) is 12.3. The van der Waals surface area contributed by atoms with Gasteiger partial charge in [-0.15, -0.1) is 0 Å². The number of nitrogens with zero attached hydrogens (tertiary/aromatic N) is 1. The van der Waals surface area contributed by atoms with Gasteiger partial charge in [0.1, 0.15) is 23.2 Å². The van der Waals surface area contributed by atoms with Crippen LogP contribution >= 0.6 is 0 Å². The zero-order valence-corrected chi connectivity index (χ0v) is 12.3. The van der Waals surface area contributed by atoms with E-state index in [1.807, 2.05) is 0 Å². The predicted octanol–water partition coefficient (Wildman–Crippen LogP) is 3.20. The first-order valence-corrected chi connectivity index (χ1v) is 6.17. The van der Waals surface area contributed by atoms with Crippen LogP contribution in [-0.2, 0) is 9.53 Å². The van der Waals surface area contributed by atoms with Gasteiger partial charge in [0.15, 0.2) is 5.60 Å². The fraction of sp³-hybridized carbons (Fsp3) is 0.467. The van der Waals surface area contributed by atoms with Gasteiger partial charge in [0.25, 0.3) is 0 Å². The largest absolute Gasteiger partial charge is 0.476 e. The molecule has 0 spiro atoms. The number of halogens is 1. The van der Waals surface area contributed by atoms with E-state index in [2.05, 4.69) is 0 Å². The first-order chi connectivity index (χ1) is 9.05. The highest BCUT2D eigenvalue weighted by molar-refractivity contribution is 5.79. The number of ether oxygens (including phenoxy) is 2. The Balaban J connectivity index is 2.88. The van der Waals surface area contributed by atoms with E-state index in [4.69, 9.17) is 14.7 Å². The number of rotatable bonds is 3. The van der Waals surface area contributed by atoms with Gasteiger partial charge in [0.05, 0.1) is 5.56 Å². The van der Waals surface area contributed by atoms with Crippen molar-refractivity contribution in [1.82, 2.24) is 0 Å². The second-order valence-corrected chi connectivity index (χ2v) is 5.87. The molecule has 0 heterocycles. The summed E-state index contributed by atoms with van der Waals surface area (Å²) in [5.41, 5.74) is -1.96. The number of nitriles is 1. The molecule has 20 heavy (non-hydrogen) atoms. The van der Waals surface area contributed by atoms with Crippen molar-refractivity contribution in [2.24, 2.45) is 0 Å². The van der Waals surface area contributed by atoms with E-state index in [1.54, 1.807) is 26.8 Å². The lowest BCUT2D eigenvalue weighted by Gasteiger charge is -2.29. The van der Waals surface area contributed by atoms with Crippen molar-refractivity contribution in [3.63, 3.8) is 0 Å². The van der Waals surface area contributed by atoms with Crippen LogP contribution in [-0.4, -0.2) is 17.2 Å². The number of hydrogen-bond acceptors (Lipinski definition) is 4. The SMILES string of the molecule is CC(C)(C)OC(=O)C(C)(C)Oc1ccc(C#N)c(F)c1. The summed E-state index contributed by atoms with van der Waals surface area (Å²) < 4.78 is 24.2. The molecule has 0 aliphatic heterocycles. The Morgan fingerprint density at radius 2 is 1.85 bits per heavy atom. The van der Waals surface area contributed by atoms with Crippen LogP contribution in [0.25, 0.3) is 0 Å². The summed E-state index contributed by atoms with van der Waals surface area (Å²) in [4.78, 5) is 12.0. The van der Waals surface area contributed by atoms with Gasteiger partial charge in [-0.3, -0.25) is 0 Å². The molecule has 108 valence electrons. The van der Waals surface area contributed by atoms with Crippen LogP contribution < -0.4 is 4.74 Å². The molecule has 0 aliphatic rings. The lowest BCUT2D eigenvalue weighted by molar-refractivity contribution is -0.170. The van der Waals surface area contributed by atoms with E-state index in [9.17, 15) is 9.18 Å². The average molecular weight is 279 g/mol. The van der Waals surface area contributed by atoms with E-state index < -0.39 is 23.0 Å². The molecular weight excluding hydrogens is 261 g/mol. The van der Waals surface area contributed by atoms with Crippen molar-refractivity contribution in [3.8, 4) is 11.8 Å². The van der Waals surface area contributed by atoms with Gasteiger partial charge in [-0.1, -0.05) is 0 Å². The lowest BCUT2D eigenvalue weighted by atomic mass is 10.1. The molecule has 1 rings (SSSR count). The summed E-state index contributed by atoms with van der Waals surface area (Å²) >= 11 is 0. The molecule has 1 aromatic rings. The van der Waals surface area contributed by atoms with Crippen molar-refractivity contribution in [2.45, 2.75) is 45.8 Å².